The van der Waals surface area contributed by atoms with Crippen molar-refractivity contribution in [3.8, 4) is 11.5 Å². The topological polar surface area (TPSA) is 80.5 Å². The van der Waals surface area contributed by atoms with Gasteiger partial charge in [0, 0.05) is 18.7 Å². The molecule has 30 heavy (non-hydrogen) atoms. The lowest BCUT2D eigenvalue weighted by Crippen LogP contribution is -2.37. The molecule has 9 heteroatoms. The molecule has 4 rings (SSSR count). The van der Waals surface area contributed by atoms with Crippen molar-refractivity contribution in [3.05, 3.63) is 53.1 Å². The molecule has 1 fully saturated rings. The van der Waals surface area contributed by atoms with Crippen LogP contribution in [-0.4, -0.2) is 48.2 Å². The van der Waals surface area contributed by atoms with Crippen LogP contribution in [-0.2, 0) is 9.53 Å². The maximum Gasteiger partial charge on any atom is 0.277 e. The normalized spacial score (nSPS) is 14.0. The number of anilines is 2. The fourth-order valence-corrected chi connectivity index (χ4v) is 4.06. The van der Waals surface area contributed by atoms with Crippen molar-refractivity contribution in [2.45, 2.75) is 12.1 Å². The molecule has 2 heterocycles. The molecule has 1 aromatic heterocycles. The van der Waals surface area contributed by atoms with Gasteiger partial charge in [-0.25, -0.2) is 0 Å². The number of hydrogen-bond donors (Lipinski definition) is 1. The van der Waals surface area contributed by atoms with E-state index in [0.717, 1.165) is 29.9 Å². The lowest BCUT2D eigenvalue weighted by atomic mass is 10.1. The molecular formula is C21H21ClN4O3S. The summed E-state index contributed by atoms with van der Waals surface area (Å²) in [6.45, 7) is 4.72. The maximum atomic E-state index is 12.5. The number of carbonyl (C=O) groups excluding carboxylic acids is 1. The number of amides is 1. The van der Waals surface area contributed by atoms with Crippen LogP contribution in [0, 0.1) is 6.92 Å². The van der Waals surface area contributed by atoms with E-state index in [0.29, 0.717) is 35.0 Å². The highest BCUT2D eigenvalue weighted by Crippen LogP contribution is 2.34. The molecule has 1 saturated heterocycles. The first-order valence-electron chi connectivity index (χ1n) is 9.54. The number of ether oxygens (including phenoxy) is 1. The predicted molar refractivity (Wildman–Crippen MR) is 118 cm³/mol. The number of benzene rings is 2. The van der Waals surface area contributed by atoms with Crippen molar-refractivity contribution in [1.29, 1.82) is 0 Å². The summed E-state index contributed by atoms with van der Waals surface area (Å²) in [5, 5.41) is 12.0. The third-order valence-corrected chi connectivity index (χ3v) is 5.71. The minimum absolute atomic E-state index is 0.143. The van der Waals surface area contributed by atoms with Gasteiger partial charge >= 0.3 is 0 Å². The van der Waals surface area contributed by atoms with Crippen LogP contribution >= 0.6 is 23.4 Å². The minimum Gasteiger partial charge on any atom is -0.411 e. The van der Waals surface area contributed by atoms with Gasteiger partial charge in [-0.05, 0) is 31.2 Å². The summed E-state index contributed by atoms with van der Waals surface area (Å²) in [6, 6.07) is 13.3. The summed E-state index contributed by atoms with van der Waals surface area (Å²) in [4.78, 5) is 14.7. The lowest BCUT2D eigenvalue weighted by molar-refractivity contribution is -0.113. The zero-order chi connectivity index (χ0) is 20.9. The van der Waals surface area contributed by atoms with Crippen LogP contribution in [0.25, 0.3) is 11.5 Å². The van der Waals surface area contributed by atoms with Gasteiger partial charge in [-0.3, -0.25) is 4.79 Å². The van der Waals surface area contributed by atoms with E-state index in [1.807, 2.05) is 49.4 Å². The summed E-state index contributed by atoms with van der Waals surface area (Å²) in [5.41, 5.74) is 3.46. The van der Waals surface area contributed by atoms with Gasteiger partial charge in [0.15, 0.2) is 0 Å². The Morgan fingerprint density at radius 2 is 2.00 bits per heavy atom. The number of hydrogen-bond acceptors (Lipinski definition) is 7. The molecule has 156 valence electrons. The number of nitrogens with zero attached hydrogens (tertiary/aromatic N) is 3. The molecule has 0 atom stereocenters. The number of nitrogens with one attached hydrogen (secondary N) is 1. The molecule has 0 bridgehead atoms. The third kappa shape index (κ3) is 4.95. The molecule has 0 radical (unpaired) electrons. The number of aromatic nitrogens is 2. The number of para-hydroxylation sites is 1. The molecular weight excluding hydrogens is 424 g/mol. The molecule has 1 aliphatic rings. The number of morpholine rings is 1. The quantitative estimate of drug-likeness (QED) is 0.568. The van der Waals surface area contributed by atoms with Gasteiger partial charge in [-0.1, -0.05) is 47.1 Å². The smallest absolute Gasteiger partial charge is 0.277 e. The summed E-state index contributed by atoms with van der Waals surface area (Å²) in [7, 11) is 0. The van der Waals surface area contributed by atoms with E-state index in [2.05, 4.69) is 20.4 Å². The Balaban J connectivity index is 1.40. The van der Waals surface area contributed by atoms with E-state index >= 15 is 0 Å². The van der Waals surface area contributed by atoms with Crippen LogP contribution in [0.15, 0.2) is 52.1 Å². The number of aryl methyl sites for hydroxylation is 1. The Kier molecular flexibility index (Phi) is 6.56. The lowest BCUT2D eigenvalue weighted by Gasteiger charge is -2.31. The van der Waals surface area contributed by atoms with E-state index in [1.165, 1.54) is 11.8 Å². The SMILES string of the molecule is Cc1cccc(-c2nnc(SCC(=O)Nc3cccc(Cl)c3N3CCOCC3)o2)c1. The molecule has 1 N–H and O–H groups in total. The third-order valence-electron chi connectivity index (χ3n) is 4.59. The van der Waals surface area contributed by atoms with Crippen LogP contribution in [0.3, 0.4) is 0 Å². The summed E-state index contributed by atoms with van der Waals surface area (Å²) in [5.74, 6) is 0.406. The van der Waals surface area contributed by atoms with Gasteiger partial charge in [-0.2, -0.15) is 0 Å². The maximum absolute atomic E-state index is 12.5. The van der Waals surface area contributed by atoms with Crippen LogP contribution in [0.1, 0.15) is 5.56 Å². The standard InChI is InChI=1S/C21H21ClN4O3S/c1-14-4-2-5-15(12-14)20-24-25-21(29-20)30-13-18(27)23-17-7-3-6-16(22)19(17)26-8-10-28-11-9-26/h2-7,12H,8-11,13H2,1H3,(H,23,27). The highest BCUT2D eigenvalue weighted by atomic mass is 35.5. The average molecular weight is 445 g/mol. The Morgan fingerprint density at radius 3 is 2.80 bits per heavy atom. The highest BCUT2D eigenvalue weighted by molar-refractivity contribution is 7.99. The molecule has 1 amide bonds. The van der Waals surface area contributed by atoms with E-state index in [4.69, 9.17) is 20.8 Å². The van der Waals surface area contributed by atoms with Crippen molar-refractivity contribution in [2.75, 3.05) is 42.3 Å². The second-order valence-electron chi connectivity index (χ2n) is 6.81. The molecule has 0 aliphatic carbocycles. The van der Waals surface area contributed by atoms with Gasteiger partial charge < -0.3 is 19.4 Å². The van der Waals surface area contributed by atoms with Crippen LogP contribution < -0.4 is 10.2 Å². The first-order chi connectivity index (χ1) is 14.6. The average Bonchev–Trinajstić information content (AvgIpc) is 3.22. The summed E-state index contributed by atoms with van der Waals surface area (Å²) < 4.78 is 11.1. The second kappa shape index (κ2) is 9.51. The highest BCUT2D eigenvalue weighted by Gasteiger charge is 2.19. The fraction of sp³-hybridized carbons (Fsp3) is 0.286. The molecule has 2 aromatic carbocycles. The Labute approximate surface area is 183 Å². The second-order valence-corrected chi connectivity index (χ2v) is 8.15. The zero-order valence-electron chi connectivity index (χ0n) is 16.4. The van der Waals surface area contributed by atoms with E-state index < -0.39 is 0 Å². The molecule has 3 aromatic rings. The van der Waals surface area contributed by atoms with Gasteiger partial charge in [0.05, 0.1) is 35.4 Å². The van der Waals surface area contributed by atoms with Crippen LogP contribution in [0.5, 0.6) is 0 Å². The predicted octanol–water partition coefficient (Wildman–Crippen LogP) is 4.27. The van der Waals surface area contributed by atoms with Gasteiger partial charge in [0.25, 0.3) is 5.22 Å². The zero-order valence-corrected chi connectivity index (χ0v) is 18.0. The Bertz CT molecular complexity index is 1040. The fourth-order valence-electron chi connectivity index (χ4n) is 3.20. The number of thioether (sulfide) groups is 1. The van der Waals surface area contributed by atoms with E-state index in [9.17, 15) is 4.79 Å². The van der Waals surface area contributed by atoms with Crippen molar-refractivity contribution in [2.24, 2.45) is 0 Å². The monoisotopic (exact) mass is 444 g/mol. The first kappa shape index (κ1) is 20.7. The number of halogens is 1. The van der Waals surface area contributed by atoms with E-state index in [-0.39, 0.29) is 11.7 Å². The number of rotatable bonds is 6. The van der Waals surface area contributed by atoms with Crippen LogP contribution in [0.4, 0.5) is 11.4 Å². The molecule has 1 aliphatic heterocycles. The largest absolute Gasteiger partial charge is 0.411 e. The van der Waals surface area contributed by atoms with E-state index in [1.54, 1.807) is 0 Å². The van der Waals surface area contributed by atoms with Gasteiger partial charge in [-0.15, -0.1) is 10.2 Å². The van der Waals surface area contributed by atoms with Crippen molar-refractivity contribution < 1.29 is 13.9 Å². The van der Waals surface area contributed by atoms with Gasteiger partial charge in [0.2, 0.25) is 11.8 Å². The summed E-state index contributed by atoms with van der Waals surface area (Å²) >= 11 is 7.61. The summed E-state index contributed by atoms with van der Waals surface area (Å²) in [6.07, 6.45) is 0. The molecule has 0 spiro atoms. The first-order valence-corrected chi connectivity index (χ1v) is 10.9. The Morgan fingerprint density at radius 1 is 1.20 bits per heavy atom. The minimum atomic E-state index is -0.174. The van der Waals surface area contributed by atoms with Crippen molar-refractivity contribution >= 4 is 40.6 Å². The molecule has 0 unspecified atom stereocenters. The number of carbonyl (C=O) groups is 1. The molecule has 0 saturated carbocycles. The van der Waals surface area contributed by atoms with Crippen molar-refractivity contribution in [3.63, 3.8) is 0 Å². The van der Waals surface area contributed by atoms with Crippen LogP contribution in [0.2, 0.25) is 5.02 Å². The molecule has 7 nitrogen and oxygen atoms in total. The van der Waals surface area contributed by atoms with Crippen molar-refractivity contribution in [1.82, 2.24) is 10.2 Å². The van der Waals surface area contributed by atoms with Gasteiger partial charge in [0.1, 0.15) is 0 Å². The Hall–Kier alpha value is -2.55.